The molecule has 8 aromatic carbocycles. The number of hydrogen-bond acceptors (Lipinski definition) is 4. The molecule has 10 rings (SSSR count). The van der Waals surface area contributed by atoms with Crippen LogP contribution < -0.4 is 0 Å². The Hall–Kier alpha value is -6.23. The predicted molar refractivity (Wildman–Crippen MR) is 207 cm³/mol. The third-order valence-corrected chi connectivity index (χ3v) is 10.7. The van der Waals surface area contributed by atoms with Crippen molar-refractivity contribution in [1.82, 2.24) is 15.0 Å². The van der Waals surface area contributed by atoms with Gasteiger partial charge in [-0.1, -0.05) is 146 Å². The highest BCUT2D eigenvalue weighted by Crippen LogP contribution is 2.41. The third-order valence-electron chi connectivity index (χ3n) is 9.51. The van der Waals surface area contributed by atoms with Gasteiger partial charge in [-0.25, -0.2) is 15.0 Å². The van der Waals surface area contributed by atoms with E-state index in [2.05, 4.69) is 146 Å². The van der Waals surface area contributed by atoms with Gasteiger partial charge in [-0.3, -0.25) is 0 Å². The van der Waals surface area contributed by atoms with Crippen molar-refractivity contribution >= 4 is 63.8 Å². The molecule has 2 heterocycles. The summed E-state index contributed by atoms with van der Waals surface area (Å²) in [6.07, 6.45) is 0. The van der Waals surface area contributed by atoms with E-state index < -0.39 is 0 Å². The van der Waals surface area contributed by atoms with Crippen molar-refractivity contribution in [3.63, 3.8) is 0 Å². The number of aromatic nitrogens is 3. The van der Waals surface area contributed by atoms with E-state index in [4.69, 9.17) is 15.0 Å². The zero-order valence-electron chi connectivity index (χ0n) is 26.3. The first-order valence-electron chi connectivity index (χ1n) is 16.4. The van der Waals surface area contributed by atoms with Crippen molar-refractivity contribution < 1.29 is 0 Å². The summed E-state index contributed by atoms with van der Waals surface area (Å²) in [5.41, 5.74) is 5.32. The lowest BCUT2D eigenvalue weighted by molar-refractivity contribution is 1.08. The summed E-state index contributed by atoms with van der Waals surface area (Å²) in [4.78, 5) is 15.1. The van der Waals surface area contributed by atoms with Gasteiger partial charge in [0.05, 0.1) is 0 Å². The maximum Gasteiger partial charge on any atom is 0.164 e. The number of benzene rings is 8. The van der Waals surface area contributed by atoms with Crippen molar-refractivity contribution in [3.05, 3.63) is 164 Å². The predicted octanol–water partition coefficient (Wildman–Crippen LogP) is 12.4. The van der Waals surface area contributed by atoms with Crippen molar-refractivity contribution in [2.24, 2.45) is 0 Å². The molecule has 0 saturated carbocycles. The molecule has 0 radical (unpaired) electrons. The summed E-state index contributed by atoms with van der Waals surface area (Å²) >= 11 is 1.88. The number of thiophene rings is 1. The highest BCUT2D eigenvalue weighted by molar-refractivity contribution is 7.26. The summed E-state index contributed by atoms with van der Waals surface area (Å²) in [5, 5.41) is 9.80. The Labute approximate surface area is 286 Å². The van der Waals surface area contributed by atoms with E-state index in [-0.39, 0.29) is 0 Å². The second kappa shape index (κ2) is 11.2. The minimum absolute atomic E-state index is 0.658. The van der Waals surface area contributed by atoms with Gasteiger partial charge < -0.3 is 0 Å². The fourth-order valence-corrected chi connectivity index (χ4v) is 8.34. The van der Waals surface area contributed by atoms with E-state index in [0.29, 0.717) is 17.5 Å². The van der Waals surface area contributed by atoms with Crippen LogP contribution in [-0.2, 0) is 0 Å². The summed E-state index contributed by atoms with van der Waals surface area (Å²) in [6, 6.07) is 58.0. The van der Waals surface area contributed by atoms with Gasteiger partial charge in [-0.15, -0.1) is 11.3 Å². The Kier molecular flexibility index (Phi) is 6.36. The molecular formula is C45H27N3S. The molecule has 0 aliphatic rings. The quantitative estimate of drug-likeness (QED) is 0.192. The van der Waals surface area contributed by atoms with Gasteiger partial charge in [0.1, 0.15) is 0 Å². The minimum atomic E-state index is 0.658. The Morgan fingerprint density at radius 1 is 0.327 bits per heavy atom. The molecule has 49 heavy (non-hydrogen) atoms. The summed E-state index contributed by atoms with van der Waals surface area (Å²) in [6.45, 7) is 0. The van der Waals surface area contributed by atoms with Crippen molar-refractivity contribution in [2.45, 2.75) is 0 Å². The third kappa shape index (κ3) is 4.68. The topological polar surface area (TPSA) is 38.7 Å². The van der Waals surface area contributed by atoms with Crippen LogP contribution >= 0.6 is 11.3 Å². The monoisotopic (exact) mass is 641 g/mol. The number of fused-ring (bicyclic) bond motifs is 7. The lowest BCUT2D eigenvalue weighted by atomic mass is 9.94. The zero-order chi connectivity index (χ0) is 32.3. The first-order valence-corrected chi connectivity index (χ1v) is 17.3. The van der Waals surface area contributed by atoms with Crippen molar-refractivity contribution in [1.29, 1.82) is 0 Å². The summed E-state index contributed by atoms with van der Waals surface area (Å²) in [5.74, 6) is 1.98. The van der Waals surface area contributed by atoms with Gasteiger partial charge in [0.15, 0.2) is 17.5 Å². The van der Waals surface area contributed by atoms with Crippen LogP contribution in [0.3, 0.4) is 0 Å². The van der Waals surface area contributed by atoms with E-state index in [0.717, 1.165) is 32.8 Å². The Morgan fingerprint density at radius 2 is 0.939 bits per heavy atom. The molecule has 0 atom stereocenters. The fourth-order valence-electron chi connectivity index (χ4n) is 7.11. The largest absolute Gasteiger partial charge is 0.208 e. The second-order valence-corrected chi connectivity index (χ2v) is 13.5. The first kappa shape index (κ1) is 27.8. The van der Waals surface area contributed by atoms with E-state index in [1.54, 1.807) is 0 Å². The maximum absolute atomic E-state index is 5.10. The molecule has 0 bridgehead atoms. The Bertz CT molecular complexity index is 2890. The summed E-state index contributed by atoms with van der Waals surface area (Å²) in [7, 11) is 0. The molecule has 0 aliphatic carbocycles. The van der Waals surface area contributed by atoms with E-state index in [1.807, 2.05) is 29.5 Å². The number of nitrogens with zero attached hydrogens (tertiary/aromatic N) is 3. The molecule has 0 unspecified atom stereocenters. The van der Waals surface area contributed by atoms with Crippen LogP contribution in [0.4, 0.5) is 0 Å². The second-order valence-electron chi connectivity index (χ2n) is 12.4. The van der Waals surface area contributed by atoms with Gasteiger partial charge in [0, 0.05) is 42.2 Å². The van der Waals surface area contributed by atoms with Crippen LogP contribution in [0.15, 0.2) is 164 Å². The van der Waals surface area contributed by atoms with Gasteiger partial charge in [-0.2, -0.15) is 0 Å². The molecule has 2 aromatic heterocycles. The van der Waals surface area contributed by atoms with Gasteiger partial charge in [-0.05, 0) is 56.3 Å². The highest BCUT2D eigenvalue weighted by atomic mass is 32.1. The molecule has 0 amide bonds. The normalized spacial score (nSPS) is 11.7. The van der Waals surface area contributed by atoms with Gasteiger partial charge in [0.25, 0.3) is 0 Å². The first-order chi connectivity index (χ1) is 24.3. The standard InChI is InChI=1S/C45H27N3S/c1-2-11-29(12-3-1)43-46-44(33-21-20-28-10-4-5-13-30(28)26-33)48-45(47-43)40-18-8-14-31-27-32(22-23-35(31)40)34-16-9-17-38-36(34)24-25-39-37-15-6-7-19-41(37)49-42(38)39/h1-27H. The van der Waals surface area contributed by atoms with Crippen LogP contribution in [-0.4, -0.2) is 15.0 Å². The Morgan fingerprint density at radius 3 is 1.86 bits per heavy atom. The van der Waals surface area contributed by atoms with E-state index >= 15 is 0 Å². The molecule has 0 spiro atoms. The maximum atomic E-state index is 5.10. The van der Waals surface area contributed by atoms with Crippen LogP contribution in [0.25, 0.3) is 97.8 Å². The number of hydrogen-bond donors (Lipinski definition) is 0. The molecule has 228 valence electrons. The van der Waals surface area contributed by atoms with Crippen LogP contribution in [0, 0.1) is 0 Å². The minimum Gasteiger partial charge on any atom is -0.208 e. The van der Waals surface area contributed by atoms with E-state index in [1.165, 1.54) is 47.5 Å². The molecule has 0 N–H and O–H groups in total. The molecular weight excluding hydrogens is 615 g/mol. The lowest BCUT2D eigenvalue weighted by Gasteiger charge is -2.12. The van der Waals surface area contributed by atoms with Gasteiger partial charge in [0.2, 0.25) is 0 Å². The SMILES string of the molecule is c1ccc(-c2nc(-c3ccc4ccccc4c3)nc(-c3cccc4cc(-c5cccc6c5ccc5c7ccccc7sc65)ccc34)n2)cc1. The van der Waals surface area contributed by atoms with Crippen molar-refractivity contribution in [2.75, 3.05) is 0 Å². The number of rotatable bonds is 4. The van der Waals surface area contributed by atoms with Crippen LogP contribution in [0.2, 0.25) is 0 Å². The fraction of sp³-hybridized carbons (Fsp3) is 0. The molecule has 0 fully saturated rings. The van der Waals surface area contributed by atoms with Gasteiger partial charge >= 0.3 is 0 Å². The summed E-state index contributed by atoms with van der Waals surface area (Å²) < 4.78 is 2.67. The zero-order valence-corrected chi connectivity index (χ0v) is 27.2. The molecule has 10 aromatic rings. The molecule has 0 saturated heterocycles. The average Bonchev–Trinajstić information content (AvgIpc) is 3.56. The molecule has 0 aliphatic heterocycles. The van der Waals surface area contributed by atoms with E-state index in [9.17, 15) is 0 Å². The van der Waals surface area contributed by atoms with Crippen LogP contribution in [0.1, 0.15) is 0 Å². The highest BCUT2D eigenvalue weighted by Gasteiger charge is 2.16. The van der Waals surface area contributed by atoms with Crippen molar-refractivity contribution in [3.8, 4) is 45.3 Å². The molecule has 4 heteroatoms. The lowest BCUT2D eigenvalue weighted by Crippen LogP contribution is -2.00. The smallest absolute Gasteiger partial charge is 0.164 e. The molecule has 3 nitrogen and oxygen atoms in total. The Balaban J connectivity index is 1.13. The van der Waals surface area contributed by atoms with Crippen LogP contribution in [0.5, 0.6) is 0 Å². The average molecular weight is 642 g/mol.